The van der Waals surface area contributed by atoms with Crippen molar-refractivity contribution in [1.29, 1.82) is 0 Å². The number of aromatic amines is 6. The average Bonchev–Trinajstić information content (AvgIpc) is 1.76. The maximum Gasteiger partial charge on any atom is 0.418 e. The second-order valence-electron chi connectivity index (χ2n) is 29.4. The number of fused-ring (bicyclic) bond motifs is 6. The molecule has 0 saturated carbocycles. The van der Waals surface area contributed by atoms with E-state index < -0.39 is 40.8 Å². The minimum atomic E-state index is -4.37. The Bertz CT molecular complexity index is 4340. The summed E-state index contributed by atoms with van der Waals surface area (Å²) in [6, 6.07) is 24.0. The molecule has 0 saturated heterocycles. The van der Waals surface area contributed by atoms with Crippen molar-refractivity contribution in [3.05, 3.63) is 177 Å². The number of aryl methyl sites for hydroxylation is 4. The maximum absolute atomic E-state index is 13.4. The quantitative estimate of drug-likeness (QED) is 0.0652. The van der Waals surface area contributed by atoms with Gasteiger partial charge in [-0.3, -0.25) is 0 Å². The number of rotatable bonds is 0. The van der Waals surface area contributed by atoms with Gasteiger partial charge in [-0.05, 0) is 98.5 Å². The molecule has 91 heavy (non-hydrogen) atoms. The third-order valence-corrected chi connectivity index (χ3v) is 14.4. The van der Waals surface area contributed by atoms with Crippen LogP contribution in [0.4, 0.5) is 35.1 Å². The Labute approximate surface area is 526 Å². The van der Waals surface area contributed by atoms with E-state index in [2.05, 4.69) is 198 Å². The molecule has 12 nitrogen and oxygen atoms in total. The summed E-state index contributed by atoms with van der Waals surface area (Å²) in [4.78, 5) is 44.7. The fourth-order valence-corrected chi connectivity index (χ4v) is 9.21. The maximum atomic E-state index is 13.4. The molecule has 0 amide bonds. The topological polar surface area (TPSA) is 172 Å². The molecule has 0 spiro atoms. The third kappa shape index (κ3) is 17.1. The molecule has 12 rings (SSSR count). The van der Waals surface area contributed by atoms with Gasteiger partial charge in [0.05, 0.1) is 55.2 Å². The summed E-state index contributed by atoms with van der Waals surface area (Å²) in [6.07, 6.45) is -4.37. The van der Waals surface area contributed by atoms with Gasteiger partial charge >= 0.3 is 6.18 Å². The Morgan fingerprint density at radius 1 is 0.308 bits per heavy atom. The number of hydrogen-bond donors (Lipinski definition) is 6. The monoisotopic (exact) mass is 1260 g/mol. The van der Waals surface area contributed by atoms with Crippen LogP contribution in [0, 0.1) is 56.8 Å². The van der Waals surface area contributed by atoms with Crippen molar-refractivity contribution in [3.63, 3.8) is 0 Å². The van der Waals surface area contributed by atoms with Gasteiger partial charge in [0.2, 0.25) is 0 Å². The van der Waals surface area contributed by atoms with Crippen LogP contribution in [0.2, 0.25) is 0 Å². The van der Waals surface area contributed by atoms with Gasteiger partial charge in [0.1, 0.15) is 57.3 Å². The standard InChI is InChI=1S/C13H18N2.C12H13F3N2.2C12H16N2.C11H11F3N2.C11H12F2N2/c1-8-6-9(2)11-10(7-8)14-12(15-11)13(3,4)5;1-11(2,3)10-16-8-6-4-5-7(9(8)17-10)12(13,14)15;2*1-8-5-6-9-10(7-8)14-11(13-9)12(2,3)4;1-11(2,3)10-15-6-4-5(12)7(13)8(14)9(6)16-10;1-11(2,3)10-14-8-5-6(12)4-7(13)9(8)15-10/h6-7H,1-5H3,(H,14,15);4-6H,1-3H3,(H,16,17);2*5-7H,1-4H3,(H,13,14);4H,1-3H3,(H,15,16);4-5H,1-3H3,(H,14,15). The van der Waals surface area contributed by atoms with E-state index in [4.69, 9.17) is 0 Å². The summed E-state index contributed by atoms with van der Waals surface area (Å²) in [5, 5.41) is 0. The summed E-state index contributed by atoms with van der Waals surface area (Å²) in [5.41, 5.74) is 11.4. The van der Waals surface area contributed by atoms with Crippen molar-refractivity contribution < 1.29 is 35.1 Å². The van der Waals surface area contributed by atoms with Crippen LogP contribution in [-0.2, 0) is 38.7 Å². The molecule has 0 unspecified atom stereocenters. The van der Waals surface area contributed by atoms with Gasteiger partial charge in [0.25, 0.3) is 0 Å². The number of alkyl halides is 3. The van der Waals surface area contributed by atoms with Crippen LogP contribution in [0.5, 0.6) is 0 Å². The lowest BCUT2D eigenvalue weighted by Gasteiger charge is -2.13. The third-order valence-electron chi connectivity index (χ3n) is 14.4. The Morgan fingerprint density at radius 2 is 0.670 bits per heavy atom. The Morgan fingerprint density at radius 3 is 1.11 bits per heavy atom. The summed E-state index contributed by atoms with van der Waals surface area (Å²) in [7, 11) is 0. The molecule has 0 radical (unpaired) electrons. The molecular weight excluding hydrogens is 1170 g/mol. The van der Waals surface area contributed by atoms with Gasteiger partial charge in [0.15, 0.2) is 23.3 Å². The molecule has 0 aliphatic heterocycles. The van der Waals surface area contributed by atoms with Crippen molar-refractivity contribution in [2.75, 3.05) is 0 Å². The van der Waals surface area contributed by atoms with E-state index in [1.54, 1.807) is 6.07 Å². The van der Waals surface area contributed by atoms with Crippen LogP contribution in [-0.4, -0.2) is 59.8 Å². The second kappa shape index (κ2) is 25.7. The zero-order chi connectivity index (χ0) is 68.1. The number of H-pyrrole nitrogens is 6. The van der Waals surface area contributed by atoms with Gasteiger partial charge in [-0.15, -0.1) is 0 Å². The summed E-state index contributed by atoms with van der Waals surface area (Å²) >= 11 is 0. The molecule has 6 heterocycles. The molecule has 6 aromatic carbocycles. The largest absolute Gasteiger partial charge is 0.418 e. The number of aromatic nitrogens is 12. The van der Waals surface area contributed by atoms with Crippen LogP contribution in [0.1, 0.15) is 187 Å². The van der Waals surface area contributed by atoms with Gasteiger partial charge in [-0.2, -0.15) is 13.2 Å². The summed E-state index contributed by atoms with van der Waals surface area (Å²) < 4.78 is 104. The molecule has 6 aromatic heterocycles. The molecule has 486 valence electrons. The van der Waals surface area contributed by atoms with Crippen LogP contribution in [0.25, 0.3) is 66.2 Å². The predicted molar refractivity (Wildman–Crippen MR) is 353 cm³/mol. The van der Waals surface area contributed by atoms with E-state index in [9.17, 15) is 35.1 Å². The normalized spacial score (nSPS) is 12.5. The minimum absolute atomic E-state index is 0.00933. The molecule has 0 aliphatic carbocycles. The minimum Gasteiger partial charge on any atom is -0.342 e. The number of imidazole rings is 6. The first-order chi connectivity index (χ1) is 41.7. The summed E-state index contributed by atoms with van der Waals surface area (Å²) in [6.45, 7) is 45.1. The molecule has 12 aromatic rings. The zero-order valence-electron chi connectivity index (χ0n) is 56.3. The van der Waals surface area contributed by atoms with Gasteiger partial charge < -0.3 is 29.9 Å². The lowest BCUT2D eigenvalue weighted by Crippen LogP contribution is -2.13. The average molecular weight is 1260 g/mol. The second-order valence-corrected chi connectivity index (χ2v) is 29.4. The molecular formula is C71H86F8N12. The lowest BCUT2D eigenvalue weighted by atomic mass is 9.96. The fourth-order valence-electron chi connectivity index (χ4n) is 9.21. The van der Waals surface area contributed by atoms with Gasteiger partial charge in [-0.25, -0.2) is 51.9 Å². The van der Waals surface area contributed by atoms with E-state index in [-0.39, 0.29) is 54.6 Å². The highest BCUT2D eigenvalue weighted by molar-refractivity contribution is 5.81. The molecule has 0 fully saturated rings. The van der Waals surface area contributed by atoms with E-state index in [1.807, 2.05) is 62.3 Å². The van der Waals surface area contributed by atoms with Crippen LogP contribution in [0.3, 0.4) is 0 Å². The number of para-hydroxylation sites is 1. The van der Waals surface area contributed by atoms with Crippen molar-refractivity contribution >= 4 is 66.2 Å². The van der Waals surface area contributed by atoms with Crippen molar-refractivity contribution in [2.45, 2.75) is 191 Å². The molecule has 0 aliphatic rings. The lowest BCUT2D eigenvalue weighted by molar-refractivity contribution is -0.136. The first-order valence-corrected chi connectivity index (χ1v) is 30.1. The van der Waals surface area contributed by atoms with E-state index in [0.29, 0.717) is 28.5 Å². The smallest absolute Gasteiger partial charge is 0.342 e. The first kappa shape index (κ1) is 70.0. The van der Waals surface area contributed by atoms with Crippen LogP contribution in [0.15, 0.2) is 84.9 Å². The van der Waals surface area contributed by atoms with Crippen molar-refractivity contribution in [1.82, 2.24) is 59.8 Å². The summed E-state index contributed by atoms with van der Waals surface area (Å²) in [5.74, 6) is -0.295. The fraction of sp³-hybridized carbons (Fsp3) is 0.408. The SMILES string of the molecule is CC(C)(C)c1nc2c(C(F)(F)F)cccc2[nH]1.CC(C)(C)c1nc2c(F)c(F)c(F)cc2[nH]1.CC(C)(C)c1nc2c(F)cc(F)cc2[nH]1.Cc1cc(C)c2nc(C(C)(C)C)[nH]c2c1.Cc1ccc2nc(C(C)(C)C)[nH]c2c1.Cc1ccc2nc(C(C)(C)C)[nH]c2c1. The van der Waals surface area contributed by atoms with E-state index >= 15 is 0 Å². The molecule has 6 N–H and O–H groups in total. The number of nitrogens with one attached hydrogen (secondary N) is 6. The van der Waals surface area contributed by atoms with Crippen molar-refractivity contribution in [2.24, 2.45) is 0 Å². The molecule has 20 heteroatoms. The Hall–Kier alpha value is -8.42. The first-order valence-electron chi connectivity index (χ1n) is 30.1. The number of hydrogen-bond acceptors (Lipinski definition) is 6. The highest BCUT2D eigenvalue weighted by Crippen LogP contribution is 2.36. The highest BCUT2D eigenvalue weighted by atomic mass is 19.4. The van der Waals surface area contributed by atoms with Gasteiger partial charge in [0, 0.05) is 44.6 Å². The van der Waals surface area contributed by atoms with E-state index in [0.717, 1.165) is 68.8 Å². The van der Waals surface area contributed by atoms with E-state index in [1.165, 1.54) is 34.4 Å². The highest BCUT2D eigenvalue weighted by Gasteiger charge is 2.34. The zero-order valence-corrected chi connectivity index (χ0v) is 56.3. The number of benzene rings is 6. The van der Waals surface area contributed by atoms with Gasteiger partial charge in [-0.1, -0.05) is 149 Å². The van der Waals surface area contributed by atoms with Crippen LogP contribution < -0.4 is 0 Å². The predicted octanol–water partition coefficient (Wildman–Crippen LogP) is 20.1. The number of nitrogens with zero attached hydrogens (tertiary/aromatic N) is 6. The molecule has 0 atom stereocenters. The van der Waals surface area contributed by atoms with Crippen molar-refractivity contribution in [3.8, 4) is 0 Å². The Balaban J connectivity index is 0.000000155. The van der Waals surface area contributed by atoms with Crippen LogP contribution >= 0.6 is 0 Å². The molecule has 0 bridgehead atoms. The number of halogens is 8. The Kier molecular flexibility index (Phi) is 19.8.